The summed E-state index contributed by atoms with van der Waals surface area (Å²) in [6.45, 7) is 8.49. The number of hydrogen-bond donors (Lipinski definition) is 2. The van der Waals surface area contributed by atoms with Crippen molar-refractivity contribution in [2.24, 2.45) is 10.9 Å². The van der Waals surface area contributed by atoms with Crippen LogP contribution >= 0.6 is 24.0 Å². The van der Waals surface area contributed by atoms with Crippen molar-refractivity contribution in [3.05, 3.63) is 54.4 Å². The number of nitrogens with one attached hydrogen (secondary N) is 2. The largest absolute Gasteiger partial charge is 0.356 e. The molecule has 0 radical (unpaired) electrons. The molecule has 1 fully saturated rings. The van der Waals surface area contributed by atoms with Crippen molar-refractivity contribution in [1.82, 2.24) is 25.3 Å². The van der Waals surface area contributed by atoms with Crippen LogP contribution in [0.1, 0.15) is 32.3 Å². The van der Waals surface area contributed by atoms with Gasteiger partial charge in [-0.2, -0.15) is 5.10 Å². The van der Waals surface area contributed by atoms with Gasteiger partial charge in [0, 0.05) is 57.7 Å². The highest BCUT2D eigenvalue weighted by atomic mass is 127. The van der Waals surface area contributed by atoms with Crippen molar-refractivity contribution >= 4 is 29.9 Å². The quantitative estimate of drug-likeness (QED) is 0.341. The molecule has 0 saturated carbocycles. The van der Waals surface area contributed by atoms with Gasteiger partial charge in [-0.15, -0.1) is 24.0 Å². The summed E-state index contributed by atoms with van der Waals surface area (Å²) < 4.78 is 1.98. The van der Waals surface area contributed by atoms with Crippen LogP contribution < -0.4 is 10.6 Å². The lowest BCUT2D eigenvalue weighted by Gasteiger charge is -2.38. The van der Waals surface area contributed by atoms with E-state index in [1.165, 1.54) is 5.56 Å². The Balaban J connectivity index is 0.00000300. The molecule has 1 aromatic carbocycles. The highest BCUT2D eigenvalue weighted by Gasteiger charge is 2.26. The summed E-state index contributed by atoms with van der Waals surface area (Å²) in [6, 6.07) is 13.7. The third kappa shape index (κ3) is 7.62. The molecular formula is C22H35IN6. The van der Waals surface area contributed by atoms with Crippen molar-refractivity contribution in [3.8, 4) is 0 Å². The number of likely N-dealkylation sites (tertiary alicyclic amines) is 1. The summed E-state index contributed by atoms with van der Waals surface area (Å²) in [6.07, 6.45) is 6.11. The van der Waals surface area contributed by atoms with Gasteiger partial charge in [-0.05, 0) is 37.3 Å². The van der Waals surface area contributed by atoms with E-state index >= 15 is 0 Å². The van der Waals surface area contributed by atoms with Crippen molar-refractivity contribution in [2.45, 2.75) is 51.9 Å². The van der Waals surface area contributed by atoms with E-state index in [9.17, 15) is 0 Å². The van der Waals surface area contributed by atoms with Gasteiger partial charge in [0.15, 0.2) is 5.96 Å². The van der Waals surface area contributed by atoms with E-state index in [1.807, 2.05) is 30.2 Å². The van der Waals surface area contributed by atoms with Gasteiger partial charge >= 0.3 is 0 Å². The summed E-state index contributed by atoms with van der Waals surface area (Å²) in [7, 11) is 1.85. The maximum atomic E-state index is 4.42. The Morgan fingerprint density at radius 3 is 2.72 bits per heavy atom. The fraction of sp³-hybridized carbons (Fsp3) is 0.545. The van der Waals surface area contributed by atoms with E-state index in [-0.39, 0.29) is 24.0 Å². The molecule has 6 nitrogen and oxygen atoms in total. The number of nitrogens with zero attached hydrogens (tertiary/aromatic N) is 4. The van der Waals surface area contributed by atoms with E-state index in [0.717, 1.165) is 45.0 Å². The van der Waals surface area contributed by atoms with Gasteiger partial charge < -0.3 is 10.6 Å². The molecule has 2 aromatic rings. The molecule has 3 atom stereocenters. The Morgan fingerprint density at radius 2 is 2.07 bits per heavy atom. The number of rotatable bonds is 7. The number of piperidine rings is 1. The van der Waals surface area contributed by atoms with Gasteiger partial charge in [-0.3, -0.25) is 14.6 Å². The van der Waals surface area contributed by atoms with Crippen LogP contribution in [0.5, 0.6) is 0 Å². The number of halogens is 1. The summed E-state index contributed by atoms with van der Waals surface area (Å²) in [4.78, 5) is 7.00. The first-order chi connectivity index (χ1) is 13.6. The van der Waals surface area contributed by atoms with Crippen molar-refractivity contribution in [1.29, 1.82) is 0 Å². The monoisotopic (exact) mass is 510 g/mol. The number of aromatic nitrogens is 2. The number of benzene rings is 1. The number of guanidine groups is 1. The van der Waals surface area contributed by atoms with E-state index in [1.54, 1.807) is 0 Å². The van der Waals surface area contributed by atoms with Crippen LogP contribution in [0.15, 0.2) is 53.8 Å². The van der Waals surface area contributed by atoms with Gasteiger partial charge in [-0.25, -0.2) is 0 Å². The molecule has 1 aliphatic heterocycles. The fourth-order valence-electron chi connectivity index (χ4n) is 3.86. The second kappa shape index (κ2) is 12.2. The number of hydrogen-bond acceptors (Lipinski definition) is 3. The van der Waals surface area contributed by atoms with Crippen molar-refractivity contribution in [2.75, 3.05) is 20.1 Å². The van der Waals surface area contributed by atoms with Gasteiger partial charge in [0.05, 0.1) is 0 Å². The Labute approximate surface area is 192 Å². The molecule has 0 amide bonds. The minimum Gasteiger partial charge on any atom is -0.356 e. The maximum Gasteiger partial charge on any atom is 0.191 e. The summed E-state index contributed by atoms with van der Waals surface area (Å²) in [5.74, 6) is 1.38. The molecule has 0 bridgehead atoms. The van der Waals surface area contributed by atoms with Gasteiger partial charge in [0.2, 0.25) is 0 Å². The van der Waals surface area contributed by atoms with Crippen molar-refractivity contribution < 1.29 is 0 Å². The van der Waals surface area contributed by atoms with Gasteiger partial charge in [0.1, 0.15) is 0 Å². The highest BCUT2D eigenvalue weighted by molar-refractivity contribution is 14.0. The molecule has 3 unspecified atom stereocenters. The first kappa shape index (κ1) is 23.7. The van der Waals surface area contributed by atoms with Crippen molar-refractivity contribution in [3.63, 3.8) is 0 Å². The Kier molecular flexibility index (Phi) is 9.93. The predicted molar refractivity (Wildman–Crippen MR) is 131 cm³/mol. The Morgan fingerprint density at radius 1 is 1.28 bits per heavy atom. The molecule has 2 heterocycles. The Bertz CT molecular complexity index is 718. The van der Waals surface area contributed by atoms with Gasteiger partial charge in [-0.1, -0.05) is 37.3 Å². The van der Waals surface area contributed by atoms with E-state index in [0.29, 0.717) is 18.0 Å². The maximum absolute atomic E-state index is 4.42. The van der Waals surface area contributed by atoms with Crippen LogP contribution in [0, 0.1) is 5.92 Å². The zero-order chi connectivity index (χ0) is 19.8. The van der Waals surface area contributed by atoms with Crippen LogP contribution in [0.2, 0.25) is 0 Å². The SMILES string of the molecule is CN=C(NCC(C)Cn1cccn1)NC1CCN(Cc2ccccc2)C(C)C1.I. The lowest BCUT2D eigenvalue weighted by Crippen LogP contribution is -2.51. The second-order valence-corrected chi connectivity index (χ2v) is 7.96. The summed E-state index contributed by atoms with van der Waals surface area (Å²) >= 11 is 0. The van der Waals surface area contributed by atoms with Crippen LogP contribution in [-0.2, 0) is 13.1 Å². The molecule has 0 spiro atoms. The topological polar surface area (TPSA) is 57.5 Å². The molecule has 1 saturated heterocycles. The zero-order valence-electron chi connectivity index (χ0n) is 17.8. The smallest absolute Gasteiger partial charge is 0.191 e. The summed E-state index contributed by atoms with van der Waals surface area (Å²) in [5.41, 5.74) is 1.39. The molecule has 2 N–H and O–H groups in total. The molecule has 1 aliphatic rings. The normalized spacial score (nSPS) is 21.3. The molecule has 3 rings (SSSR count). The zero-order valence-corrected chi connectivity index (χ0v) is 20.1. The molecule has 1 aromatic heterocycles. The van der Waals surface area contributed by atoms with Crippen LogP contribution in [0.4, 0.5) is 0 Å². The Hall–Kier alpha value is -1.61. The highest BCUT2D eigenvalue weighted by Crippen LogP contribution is 2.19. The molecular weight excluding hydrogens is 475 g/mol. The first-order valence-electron chi connectivity index (χ1n) is 10.4. The standard InChI is InChI=1S/C22H34N6.HI/c1-18(16-28-12-7-11-25-28)15-24-22(23-3)26-21-10-13-27(19(2)14-21)17-20-8-5-4-6-9-20;/h4-9,11-12,18-19,21H,10,13-17H2,1-3H3,(H2,23,24,26);1H. The minimum atomic E-state index is 0. The molecule has 160 valence electrons. The van der Waals surface area contributed by atoms with Gasteiger partial charge in [0.25, 0.3) is 0 Å². The first-order valence-corrected chi connectivity index (χ1v) is 10.4. The van der Waals surface area contributed by atoms with E-state index in [4.69, 9.17) is 0 Å². The molecule has 29 heavy (non-hydrogen) atoms. The van der Waals surface area contributed by atoms with Crippen LogP contribution in [0.3, 0.4) is 0 Å². The molecule has 0 aliphatic carbocycles. The van der Waals surface area contributed by atoms with E-state index in [2.05, 4.69) is 69.8 Å². The lowest BCUT2D eigenvalue weighted by molar-refractivity contribution is 0.134. The summed E-state index contributed by atoms with van der Waals surface area (Å²) in [5, 5.41) is 11.4. The lowest BCUT2D eigenvalue weighted by atomic mass is 9.97. The van der Waals surface area contributed by atoms with E-state index < -0.39 is 0 Å². The fourth-order valence-corrected chi connectivity index (χ4v) is 3.86. The average molecular weight is 510 g/mol. The van der Waals surface area contributed by atoms with Crippen LogP contribution in [-0.4, -0.2) is 52.9 Å². The second-order valence-electron chi connectivity index (χ2n) is 7.96. The molecule has 7 heteroatoms. The third-order valence-electron chi connectivity index (χ3n) is 5.48. The average Bonchev–Trinajstić information content (AvgIpc) is 3.21. The van der Waals surface area contributed by atoms with Crippen LogP contribution in [0.25, 0.3) is 0 Å². The predicted octanol–water partition coefficient (Wildman–Crippen LogP) is 3.36. The minimum absolute atomic E-state index is 0. The third-order valence-corrected chi connectivity index (χ3v) is 5.48. The number of aliphatic imine (C=N–C) groups is 1.